The number of benzene rings is 1. The van der Waals surface area contributed by atoms with Gasteiger partial charge in [0.1, 0.15) is 0 Å². The van der Waals surface area contributed by atoms with Gasteiger partial charge in [0.05, 0.1) is 11.0 Å². The van der Waals surface area contributed by atoms with Gasteiger partial charge in [0, 0.05) is 18.8 Å². The first-order chi connectivity index (χ1) is 9.40. The van der Waals surface area contributed by atoms with Gasteiger partial charge in [-0.3, -0.25) is 0 Å². The minimum absolute atomic E-state index is 0.149. The molecular formula is C14H22N2O3S. The molecule has 3 N–H and O–H groups in total. The number of methoxy groups -OCH3 is 1. The lowest BCUT2D eigenvalue weighted by Gasteiger charge is -2.29. The maximum Gasteiger partial charge on any atom is 0.238 e. The Morgan fingerprint density at radius 2 is 1.90 bits per heavy atom. The minimum Gasteiger partial charge on any atom is -0.382 e. The molecule has 1 aromatic rings. The molecule has 0 aromatic heterocycles. The number of nitrogens with one attached hydrogen (secondary N) is 1. The van der Waals surface area contributed by atoms with Crippen LogP contribution in [-0.2, 0) is 14.8 Å². The van der Waals surface area contributed by atoms with Crippen molar-refractivity contribution in [3.05, 3.63) is 23.8 Å². The third kappa shape index (κ3) is 3.71. The number of nitrogens with two attached hydrogens (primary N) is 1. The number of aryl methyl sites for hydroxylation is 1. The summed E-state index contributed by atoms with van der Waals surface area (Å²) in [7, 11) is -1.91. The lowest BCUT2D eigenvalue weighted by molar-refractivity contribution is 0.0682. The molecule has 0 bridgehead atoms. The van der Waals surface area contributed by atoms with Crippen molar-refractivity contribution in [2.45, 2.75) is 49.6 Å². The molecule has 6 heteroatoms. The lowest BCUT2D eigenvalue weighted by Crippen LogP contribution is -2.29. The smallest absolute Gasteiger partial charge is 0.238 e. The zero-order chi connectivity index (χ0) is 14.8. The maximum atomic E-state index is 11.4. The highest BCUT2D eigenvalue weighted by molar-refractivity contribution is 7.89. The Bertz CT molecular complexity index is 564. The minimum atomic E-state index is -3.66. The summed E-state index contributed by atoms with van der Waals surface area (Å²) < 4.78 is 28.2. The van der Waals surface area contributed by atoms with Crippen LogP contribution in [0.3, 0.4) is 0 Å². The number of hydrogen-bond donors (Lipinski definition) is 2. The lowest BCUT2D eigenvalue weighted by atomic mass is 9.92. The van der Waals surface area contributed by atoms with Crippen molar-refractivity contribution >= 4 is 15.7 Å². The maximum absolute atomic E-state index is 11.4. The molecule has 1 saturated carbocycles. The number of primary sulfonamides is 1. The summed E-state index contributed by atoms with van der Waals surface area (Å²) in [6.45, 7) is 1.95. The van der Waals surface area contributed by atoms with Gasteiger partial charge in [-0.05, 0) is 50.3 Å². The van der Waals surface area contributed by atoms with E-state index < -0.39 is 10.0 Å². The van der Waals surface area contributed by atoms with E-state index in [0.717, 1.165) is 36.9 Å². The Hall–Kier alpha value is -1.11. The van der Waals surface area contributed by atoms with E-state index in [1.807, 2.05) is 6.92 Å². The Morgan fingerprint density at radius 3 is 2.45 bits per heavy atom. The third-order valence-electron chi connectivity index (χ3n) is 3.90. The second-order valence-corrected chi connectivity index (χ2v) is 6.94. The van der Waals surface area contributed by atoms with Crippen LogP contribution in [0.2, 0.25) is 0 Å². The predicted octanol–water partition coefficient (Wildman–Crippen LogP) is 2.01. The monoisotopic (exact) mass is 298 g/mol. The molecule has 0 spiro atoms. The van der Waals surface area contributed by atoms with Gasteiger partial charge < -0.3 is 10.1 Å². The van der Waals surface area contributed by atoms with Crippen LogP contribution in [0, 0.1) is 6.92 Å². The van der Waals surface area contributed by atoms with Gasteiger partial charge in [-0.25, -0.2) is 13.6 Å². The van der Waals surface area contributed by atoms with Gasteiger partial charge in [-0.1, -0.05) is 6.07 Å². The van der Waals surface area contributed by atoms with Crippen LogP contribution in [0.25, 0.3) is 0 Å². The summed E-state index contributed by atoms with van der Waals surface area (Å²) in [4.78, 5) is 0.149. The molecule has 0 heterocycles. The molecule has 0 saturated heterocycles. The molecule has 0 unspecified atom stereocenters. The summed E-state index contributed by atoms with van der Waals surface area (Å²) in [5.74, 6) is 0. The molecular weight excluding hydrogens is 276 g/mol. The topological polar surface area (TPSA) is 81.4 Å². The first-order valence-corrected chi connectivity index (χ1v) is 8.37. The number of sulfonamides is 1. The second kappa shape index (κ2) is 6.11. The predicted molar refractivity (Wildman–Crippen MR) is 79.2 cm³/mol. The Morgan fingerprint density at radius 1 is 1.25 bits per heavy atom. The van der Waals surface area contributed by atoms with Crippen LogP contribution in [0.5, 0.6) is 0 Å². The fourth-order valence-electron chi connectivity index (χ4n) is 2.60. The molecule has 2 rings (SSSR count). The SMILES string of the molecule is COC1CCC(Nc2cc(S(N)(=O)=O)ccc2C)CC1. The van der Waals surface area contributed by atoms with Gasteiger partial charge in [0.15, 0.2) is 0 Å². The molecule has 1 aliphatic rings. The highest BCUT2D eigenvalue weighted by Gasteiger charge is 2.21. The summed E-state index contributed by atoms with van der Waals surface area (Å²) in [6, 6.07) is 5.30. The van der Waals surface area contributed by atoms with Crippen LogP contribution in [0.15, 0.2) is 23.1 Å². The van der Waals surface area contributed by atoms with Crippen LogP contribution in [0.4, 0.5) is 5.69 Å². The van der Waals surface area contributed by atoms with Crippen molar-refractivity contribution in [1.82, 2.24) is 0 Å². The van der Waals surface area contributed by atoms with Crippen LogP contribution >= 0.6 is 0 Å². The van der Waals surface area contributed by atoms with Crippen molar-refractivity contribution in [1.29, 1.82) is 0 Å². The molecule has 1 aliphatic carbocycles. The fraction of sp³-hybridized carbons (Fsp3) is 0.571. The fourth-order valence-corrected chi connectivity index (χ4v) is 3.14. The van der Waals surface area contributed by atoms with E-state index in [9.17, 15) is 8.42 Å². The number of anilines is 1. The van der Waals surface area contributed by atoms with Gasteiger partial charge in [0.25, 0.3) is 0 Å². The van der Waals surface area contributed by atoms with Crippen LogP contribution in [-0.4, -0.2) is 27.7 Å². The quantitative estimate of drug-likeness (QED) is 0.891. The van der Waals surface area contributed by atoms with Crippen molar-refractivity contribution in [3.8, 4) is 0 Å². The van der Waals surface area contributed by atoms with E-state index in [1.54, 1.807) is 19.2 Å². The first kappa shape index (κ1) is 15.3. The third-order valence-corrected chi connectivity index (χ3v) is 4.82. The van der Waals surface area contributed by atoms with E-state index in [0.29, 0.717) is 12.1 Å². The highest BCUT2D eigenvalue weighted by Crippen LogP contribution is 2.26. The largest absolute Gasteiger partial charge is 0.382 e. The summed E-state index contributed by atoms with van der Waals surface area (Å²) in [5.41, 5.74) is 1.86. The van der Waals surface area contributed by atoms with E-state index in [1.165, 1.54) is 6.07 Å². The van der Waals surface area contributed by atoms with Gasteiger partial charge in [-0.2, -0.15) is 0 Å². The number of ether oxygens (including phenoxy) is 1. The Labute approximate surface area is 120 Å². The molecule has 0 aliphatic heterocycles. The molecule has 20 heavy (non-hydrogen) atoms. The Kier molecular flexibility index (Phi) is 4.67. The van der Waals surface area contributed by atoms with E-state index in [-0.39, 0.29) is 4.90 Å². The van der Waals surface area contributed by atoms with Crippen molar-refractivity contribution < 1.29 is 13.2 Å². The zero-order valence-corrected chi connectivity index (χ0v) is 12.7. The zero-order valence-electron chi connectivity index (χ0n) is 11.9. The van der Waals surface area contributed by atoms with Gasteiger partial charge in [0.2, 0.25) is 10.0 Å². The summed E-state index contributed by atoms with van der Waals surface area (Å²) in [6.07, 6.45) is 4.46. The van der Waals surface area contributed by atoms with E-state index in [4.69, 9.17) is 9.88 Å². The number of hydrogen-bond acceptors (Lipinski definition) is 4. The summed E-state index contributed by atoms with van der Waals surface area (Å²) >= 11 is 0. The van der Waals surface area contributed by atoms with Crippen LogP contribution in [0.1, 0.15) is 31.2 Å². The molecule has 0 radical (unpaired) electrons. The van der Waals surface area contributed by atoms with E-state index in [2.05, 4.69) is 5.32 Å². The molecule has 1 aromatic carbocycles. The van der Waals surface area contributed by atoms with Crippen molar-refractivity contribution in [3.63, 3.8) is 0 Å². The average Bonchev–Trinajstić information content (AvgIpc) is 2.41. The van der Waals surface area contributed by atoms with Crippen molar-refractivity contribution in [2.75, 3.05) is 12.4 Å². The highest BCUT2D eigenvalue weighted by atomic mass is 32.2. The number of rotatable bonds is 4. The average molecular weight is 298 g/mol. The molecule has 5 nitrogen and oxygen atoms in total. The molecule has 0 atom stereocenters. The molecule has 112 valence electrons. The Balaban J connectivity index is 2.10. The first-order valence-electron chi connectivity index (χ1n) is 6.83. The molecule has 1 fully saturated rings. The second-order valence-electron chi connectivity index (χ2n) is 5.38. The summed E-state index contributed by atoms with van der Waals surface area (Å²) in [5, 5.41) is 8.60. The molecule has 0 amide bonds. The van der Waals surface area contributed by atoms with Crippen LogP contribution < -0.4 is 10.5 Å². The normalized spacial score (nSPS) is 23.6. The standard InChI is InChI=1S/C14H22N2O3S/c1-10-3-8-13(20(15,17)18)9-14(10)16-11-4-6-12(19-2)7-5-11/h3,8-9,11-12,16H,4-7H2,1-2H3,(H2,15,17,18). The van der Waals surface area contributed by atoms with Crippen molar-refractivity contribution in [2.24, 2.45) is 5.14 Å². The van der Waals surface area contributed by atoms with Gasteiger partial charge in [-0.15, -0.1) is 0 Å². The van der Waals surface area contributed by atoms with E-state index >= 15 is 0 Å². The van der Waals surface area contributed by atoms with Gasteiger partial charge >= 0.3 is 0 Å².